The lowest BCUT2D eigenvalue weighted by Gasteiger charge is -2.15. The molecule has 0 aliphatic rings. The molecule has 0 saturated carbocycles. The van der Waals surface area contributed by atoms with E-state index in [9.17, 15) is 13.2 Å². The number of aromatic nitrogens is 2. The molecular formula is C8H12F3N3. The quantitative estimate of drug-likeness (QED) is 0.809. The molecule has 1 heterocycles. The molecule has 0 fully saturated rings. The number of halogens is 3. The Labute approximate surface area is 79.9 Å². The average molecular weight is 207 g/mol. The molecule has 14 heavy (non-hydrogen) atoms. The Balaban J connectivity index is 2.26. The number of imidazole rings is 1. The summed E-state index contributed by atoms with van der Waals surface area (Å²) in [6.07, 6.45) is 0.733. The Hall–Kier alpha value is -1.04. The number of nitrogens with zero attached hydrogens (tertiary/aromatic N) is 2. The lowest BCUT2D eigenvalue weighted by Crippen LogP contribution is -2.37. The molecule has 1 atom stereocenters. The number of alkyl halides is 3. The van der Waals surface area contributed by atoms with E-state index in [0.717, 1.165) is 0 Å². The lowest BCUT2D eigenvalue weighted by molar-refractivity contribution is -0.126. The first kappa shape index (κ1) is 11.0. The third-order valence-electron chi connectivity index (χ3n) is 1.69. The second-order valence-corrected chi connectivity index (χ2v) is 3.16. The van der Waals surface area contributed by atoms with E-state index < -0.39 is 12.7 Å². The van der Waals surface area contributed by atoms with Gasteiger partial charge in [-0.3, -0.25) is 0 Å². The fourth-order valence-electron chi connectivity index (χ4n) is 1.07. The third kappa shape index (κ3) is 4.27. The molecule has 1 unspecified atom stereocenters. The summed E-state index contributed by atoms with van der Waals surface area (Å²) in [7, 11) is 0. The van der Waals surface area contributed by atoms with Crippen LogP contribution in [-0.4, -0.2) is 28.3 Å². The summed E-state index contributed by atoms with van der Waals surface area (Å²) in [5.74, 6) is 0. The van der Waals surface area contributed by atoms with Gasteiger partial charge in [0.05, 0.1) is 12.9 Å². The number of hydrogen-bond acceptors (Lipinski definition) is 2. The lowest BCUT2D eigenvalue weighted by atomic mass is 10.3. The maximum Gasteiger partial charge on any atom is 0.401 e. The van der Waals surface area contributed by atoms with Gasteiger partial charge in [-0.25, -0.2) is 4.98 Å². The van der Waals surface area contributed by atoms with E-state index in [4.69, 9.17) is 0 Å². The van der Waals surface area contributed by atoms with Crippen molar-refractivity contribution in [1.82, 2.24) is 14.9 Å². The van der Waals surface area contributed by atoms with Crippen LogP contribution in [0.2, 0.25) is 0 Å². The van der Waals surface area contributed by atoms with Gasteiger partial charge in [0, 0.05) is 25.0 Å². The van der Waals surface area contributed by atoms with Crippen LogP contribution in [0, 0.1) is 0 Å². The van der Waals surface area contributed by atoms with Crippen molar-refractivity contribution in [2.75, 3.05) is 6.54 Å². The van der Waals surface area contributed by atoms with Gasteiger partial charge >= 0.3 is 6.18 Å². The van der Waals surface area contributed by atoms with E-state index in [2.05, 4.69) is 10.3 Å². The third-order valence-corrected chi connectivity index (χ3v) is 1.69. The van der Waals surface area contributed by atoms with Crippen molar-refractivity contribution >= 4 is 0 Å². The summed E-state index contributed by atoms with van der Waals surface area (Å²) < 4.78 is 37.2. The first-order valence-electron chi connectivity index (χ1n) is 4.23. The highest BCUT2D eigenvalue weighted by molar-refractivity contribution is 4.76. The van der Waals surface area contributed by atoms with E-state index in [-0.39, 0.29) is 6.04 Å². The smallest absolute Gasteiger partial charge is 0.336 e. The maximum absolute atomic E-state index is 11.8. The summed E-state index contributed by atoms with van der Waals surface area (Å²) in [5.41, 5.74) is 0. The molecule has 1 aromatic heterocycles. The molecular weight excluding hydrogens is 195 g/mol. The van der Waals surface area contributed by atoms with Crippen LogP contribution in [0.5, 0.6) is 0 Å². The van der Waals surface area contributed by atoms with Crippen molar-refractivity contribution in [2.24, 2.45) is 0 Å². The van der Waals surface area contributed by atoms with Gasteiger partial charge in [-0.15, -0.1) is 0 Å². The normalized spacial score (nSPS) is 14.3. The predicted octanol–water partition coefficient (Wildman–Crippen LogP) is 1.42. The van der Waals surface area contributed by atoms with Crippen molar-refractivity contribution < 1.29 is 13.2 Å². The minimum Gasteiger partial charge on any atom is -0.336 e. The highest BCUT2D eigenvalue weighted by Crippen LogP contribution is 2.12. The van der Waals surface area contributed by atoms with E-state index in [1.165, 1.54) is 0 Å². The van der Waals surface area contributed by atoms with Gasteiger partial charge in [-0.2, -0.15) is 13.2 Å². The minimum atomic E-state index is -4.15. The first-order valence-corrected chi connectivity index (χ1v) is 4.23. The van der Waals surface area contributed by atoms with Gasteiger partial charge in [-0.1, -0.05) is 0 Å². The summed E-state index contributed by atoms with van der Waals surface area (Å²) in [4.78, 5) is 3.80. The van der Waals surface area contributed by atoms with E-state index >= 15 is 0 Å². The van der Waals surface area contributed by atoms with Gasteiger partial charge in [0.1, 0.15) is 0 Å². The van der Waals surface area contributed by atoms with E-state index in [0.29, 0.717) is 6.54 Å². The molecule has 1 N–H and O–H groups in total. The monoisotopic (exact) mass is 207 g/mol. The second kappa shape index (κ2) is 4.45. The summed E-state index contributed by atoms with van der Waals surface area (Å²) in [5, 5.41) is 2.39. The molecule has 0 spiro atoms. The molecule has 80 valence electrons. The van der Waals surface area contributed by atoms with Crippen LogP contribution in [0.4, 0.5) is 13.2 Å². The largest absolute Gasteiger partial charge is 0.401 e. The van der Waals surface area contributed by atoms with Crippen molar-refractivity contribution in [3.8, 4) is 0 Å². The van der Waals surface area contributed by atoms with Crippen molar-refractivity contribution in [3.05, 3.63) is 18.7 Å². The summed E-state index contributed by atoms with van der Waals surface area (Å²) >= 11 is 0. The van der Waals surface area contributed by atoms with E-state index in [1.54, 1.807) is 30.2 Å². The molecule has 0 aliphatic heterocycles. The highest BCUT2D eigenvalue weighted by atomic mass is 19.4. The van der Waals surface area contributed by atoms with Crippen LogP contribution in [0.1, 0.15) is 6.92 Å². The maximum atomic E-state index is 11.8. The fourth-order valence-corrected chi connectivity index (χ4v) is 1.07. The Bertz CT molecular complexity index is 255. The van der Waals surface area contributed by atoms with Crippen LogP contribution in [0.25, 0.3) is 0 Å². The average Bonchev–Trinajstić information content (AvgIpc) is 2.52. The number of hydrogen-bond donors (Lipinski definition) is 1. The van der Waals surface area contributed by atoms with Crippen LogP contribution in [0.3, 0.4) is 0 Å². The molecule has 1 aromatic rings. The zero-order valence-electron chi connectivity index (χ0n) is 7.75. The van der Waals surface area contributed by atoms with Gasteiger partial charge in [0.25, 0.3) is 0 Å². The molecule has 0 bridgehead atoms. The highest BCUT2D eigenvalue weighted by Gasteiger charge is 2.27. The second-order valence-electron chi connectivity index (χ2n) is 3.16. The molecule has 0 amide bonds. The Kier molecular flexibility index (Phi) is 3.51. The standard InChI is InChI=1S/C8H12F3N3/c1-7(13-5-8(9,10)11)4-14-3-2-12-6-14/h2-3,6-7,13H,4-5H2,1H3. The first-order chi connectivity index (χ1) is 6.47. The van der Waals surface area contributed by atoms with Crippen molar-refractivity contribution in [2.45, 2.75) is 25.7 Å². The van der Waals surface area contributed by atoms with Crippen LogP contribution >= 0.6 is 0 Å². The van der Waals surface area contributed by atoms with Crippen LogP contribution in [0.15, 0.2) is 18.7 Å². The fraction of sp³-hybridized carbons (Fsp3) is 0.625. The van der Waals surface area contributed by atoms with Gasteiger partial charge in [0.2, 0.25) is 0 Å². The van der Waals surface area contributed by atoms with Gasteiger partial charge in [0.15, 0.2) is 0 Å². The molecule has 0 saturated heterocycles. The summed E-state index contributed by atoms with van der Waals surface area (Å²) in [6, 6.07) is -0.231. The van der Waals surface area contributed by atoms with Crippen LogP contribution in [-0.2, 0) is 6.54 Å². The minimum absolute atomic E-state index is 0.231. The summed E-state index contributed by atoms with van der Waals surface area (Å²) in [6.45, 7) is 1.23. The molecule has 3 nitrogen and oxygen atoms in total. The van der Waals surface area contributed by atoms with Crippen LogP contribution < -0.4 is 5.32 Å². The Morgan fingerprint density at radius 2 is 2.21 bits per heavy atom. The molecule has 0 aromatic carbocycles. The zero-order chi connectivity index (χ0) is 10.6. The van der Waals surface area contributed by atoms with E-state index in [1.807, 2.05) is 0 Å². The topological polar surface area (TPSA) is 29.9 Å². The molecule has 0 aliphatic carbocycles. The van der Waals surface area contributed by atoms with Gasteiger partial charge < -0.3 is 9.88 Å². The SMILES string of the molecule is CC(Cn1ccnc1)NCC(F)(F)F. The molecule has 6 heteroatoms. The van der Waals surface area contributed by atoms with Gasteiger partial charge in [-0.05, 0) is 6.92 Å². The number of nitrogens with one attached hydrogen (secondary N) is 1. The van der Waals surface area contributed by atoms with Crippen molar-refractivity contribution in [3.63, 3.8) is 0 Å². The zero-order valence-corrected chi connectivity index (χ0v) is 7.75. The Morgan fingerprint density at radius 1 is 1.50 bits per heavy atom. The number of rotatable bonds is 4. The Morgan fingerprint density at radius 3 is 2.71 bits per heavy atom. The molecule has 1 rings (SSSR count). The molecule has 0 radical (unpaired) electrons. The predicted molar refractivity (Wildman–Crippen MR) is 45.7 cm³/mol. The van der Waals surface area contributed by atoms with Crippen molar-refractivity contribution in [1.29, 1.82) is 0 Å².